The van der Waals surface area contributed by atoms with Gasteiger partial charge in [0.25, 0.3) is 0 Å². The first-order valence-corrected chi connectivity index (χ1v) is 4.75. The summed E-state index contributed by atoms with van der Waals surface area (Å²) in [5.41, 5.74) is 0. The van der Waals surface area contributed by atoms with Crippen molar-refractivity contribution < 1.29 is 30.3 Å². The van der Waals surface area contributed by atoms with Gasteiger partial charge >= 0.3 is 0 Å². The third kappa shape index (κ3) is 2.47. The molecule has 0 aliphatic carbocycles. The molecule has 0 radical (unpaired) electrons. The standard InChI is InChI=1S/C9H16O6/c1-2-3-4(10)8-6(12)5(11)7(13)9(14)15-8/h3,5-14H,2H2,1H3/t5-,6-,7+,8+,9?/m0/s1. The molecule has 6 heteroatoms. The summed E-state index contributed by atoms with van der Waals surface area (Å²) in [6.45, 7) is 1.77. The van der Waals surface area contributed by atoms with Crippen molar-refractivity contribution in [3.63, 3.8) is 0 Å². The van der Waals surface area contributed by atoms with E-state index in [1.54, 1.807) is 6.92 Å². The van der Waals surface area contributed by atoms with Crippen LogP contribution in [-0.2, 0) is 4.74 Å². The number of aliphatic hydroxyl groups excluding tert-OH is 5. The zero-order valence-corrected chi connectivity index (χ0v) is 8.32. The summed E-state index contributed by atoms with van der Waals surface area (Å²) >= 11 is 0. The Hall–Kier alpha value is -0.660. The lowest BCUT2D eigenvalue weighted by Gasteiger charge is -2.37. The Labute approximate surface area is 87.0 Å². The molecule has 6 nitrogen and oxygen atoms in total. The van der Waals surface area contributed by atoms with E-state index in [4.69, 9.17) is 9.84 Å². The quantitative estimate of drug-likeness (QED) is 0.367. The van der Waals surface area contributed by atoms with Crippen molar-refractivity contribution >= 4 is 0 Å². The van der Waals surface area contributed by atoms with Gasteiger partial charge in [0.05, 0.1) is 0 Å². The topological polar surface area (TPSA) is 110 Å². The summed E-state index contributed by atoms with van der Waals surface area (Å²) in [6.07, 6.45) is -5.51. The predicted octanol–water partition coefficient (Wildman–Crippen LogP) is -1.36. The van der Waals surface area contributed by atoms with E-state index in [-0.39, 0.29) is 5.76 Å². The molecule has 0 saturated carbocycles. The van der Waals surface area contributed by atoms with Gasteiger partial charge in [-0.1, -0.05) is 6.92 Å². The van der Waals surface area contributed by atoms with Gasteiger partial charge in [0.2, 0.25) is 0 Å². The van der Waals surface area contributed by atoms with Crippen LogP contribution in [-0.4, -0.2) is 56.2 Å². The normalized spacial score (nSPS) is 43.0. The number of rotatable bonds is 2. The molecule has 1 aliphatic heterocycles. The Balaban J connectivity index is 2.79. The summed E-state index contributed by atoms with van der Waals surface area (Å²) in [7, 11) is 0. The lowest BCUT2D eigenvalue weighted by Crippen LogP contribution is -2.57. The highest BCUT2D eigenvalue weighted by Crippen LogP contribution is 2.23. The maximum absolute atomic E-state index is 9.48. The predicted molar refractivity (Wildman–Crippen MR) is 49.9 cm³/mol. The van der Waals surface area contributed by atoms with Crippen LogP contribution in [0.3, 0.4) is 0 Å². The van der Waals surface area contributed by atoms with Gasteiger partial charge in [-0.05, 0) is 12.5 Å². The molecule has 0 spiro atoms. The minimum Gasteiger partial charge on any atom is -0.510 e. The third-order valence-electron chi connectivity index (χ3n) is 2.29. The number of ether oxygens (including phenoxy) is 1. The summed E-state index contributed by atoms with van der Waals surface area (Å²) in [5.74, 6) is -0.269. The Kier molecular flexibility index (Phi) is 4.06. The molecule has 5 N–H and O–H groups in total. The van der Waals surface area contributed by atoms with Crippen LogP contribution in [0.5, 0.6) is 0 Å². The fraction of sp³-hybridized carbons (Fsp3) is 0.778. The lowest BCUT2D eigenvalue weighted by molar-refractivity contribution is -0.278. The molecular weight excluding hydrogens is 204 g/mol. The van der Waals surface area contributed by atoms with E-state index in [9.17, 15) is 20.4 Å². The molecule has 1 rings (SSSR count). The highest BCUT2D eigenvalue weighted by atomic mass is 16.6. The molecule has 5 atom stereocenters. The SMILES string of the molecule is CCC=C(O)[C@H]1OC(O)[C@H](O)[C@@H](O)[C@@H]1O. The molecule has 15 heavy (non-hydrogen) atoms. The van der Waals surface area contributed by atoms with E-state index in [2.05, 4.69) is 0 Å². The van der Waals surface area contributed by atoms with Crippen molar-refractivity contribution in [3.05, 3.63) is 11.8 Å². The molecule has 0 bridgehead atoms. The molecule has 1 heterocycles. The van der Waals surface area contributed by atoms with Crippen molar-refractivity contribution in [3.8, 4) is 0 Å². The van der Waals surface area contributed by atoms with Crippen molar-refractivity contribution in [1.29, 1.82) is 0 Å². The van der Waals surface area contributed by atoms with Crippen LogP contribution in [0, 0.1) is 0 Å². The zero-order chi connectivity index (χ0) is 11.6. The maximum atomic E-state index is 9.48. The largest absolute Gasteiger partial charge is 0.510 e. The molecular formula is C9H16O6. The molecule has 1 fully saturated rings. The minimum absolute atomic E-state index is 0.269. The van der Waals surface area contributed by atoms with Crippen LogP contribution in [0.25, 0.3) is 0 Å². The molecule has 88 valence electrons. The second-order valence-corrected chi connectivity index (χ2v) is 3.46. The molecule has 1 aliphatic rings. The smallest absolute Gasteiger partial charge is 0.184 e. The van der Waals surface area contributed by atoms with Gasteiger partial charge in [0, 0.05) is 0 Å². The molecule has 1 unspecified atom stereocenters. The summed E-state index contributed by atoms with van der Waals surface area (Å²) < 4.78 is 4.77. The highest BCUT2D eigenvalue weighted by Gasteiger charge is 2.44. The summed E-state index contributed by atoms with van der Waals surface area (Å²) in [6, 6.07) is 0. The van der Waals surface area contributed by atoms with Gasteiger partial charge in [0.1, 0.15) is 30.2 Å². The molecule has 1 saturated heterocycles. The number of hydrogen-bond donors (Lipinski definition) is 5. The summed E-state index contributed by atoms with van der Waals surface area (Å²) in [4.78, 5) is 0. The second-order valence-electron chi connectivity index (χ2n) is 3.46. The highest BCUT2D eigenvalue weighted by molar-refractivity contribution is 5.06. The average molecular weight is 220 g/mol. The van der Waals surface area contributed by atoms with E-state index in [1.165, 1.54) is 6.08 Å². The summed E-state index contributed by atoms with van der Waals surface area (Å²) in [5, 5.41) is 46.6. The van der Waals surface area contributed by atoms with E-state index in [1.807, 2.05) is 0 Å². The van der Waals surface area contributed by atoms with Gasteiger partial charge in [0.15, 0.2) is 6.29 Å². The van der Waals surface area contributed by atoms with Crippen molar-refractivity contribution in [1.82, 2.24) is 0 Å². The Morgan fingerprint density at radius 3 is 2.27 bits per heavy atom. The van der Waals surface area contributed by atoms with Crippen molar-refractivity contribution in [2.75, 3.05) is 0 Å². The molecule has 0 aromatic heterocycles. The first-order valence-electron chi connectivity index (χ1n) is 4.75. The first kappa shape index (κ1) is 12.4. The van der Waals surface area contributed by atoms with E-state index >= 15 is 0 Å². The minimum atomic E-state index is -1.62. The fourth-order valence-electron chi connectivity index (χ4n) is 1.43. The second kappa shape index (κ2) is 4.91. The van der Waals surface area contributed by atoms with Crippen LogP contribution in [0.1, 0.15) is 13.3 Å². The van der Waals surface area contributed by atoms with Gasteiger partial charge in [-0.3, -0.25) is 0 Å². The monoisotopic (exact) mass is 220 g/mol. The number of hydrogen-bond acceptors (Lipinski definition) is 6. The Bertz CT molecular complexity index is 241. The number of allylic oxidation sites excluding steroid dienone is 1. The van der Waals surface area contributed by atoms with Crippen LogP contribution >= 0.6 is 0 Å². The fourth-order valence-corrected chi connectivity index (χ4v) is 1.43. The van der Waals surface area contributed by atoms with Gasteiger partial charge in [-0.15, -0.1) is 0 Å². The van der Waals surface area contributed by atoms with Crippen molar-refractivity contribution in [2.45, 2.75) is 44.1 Å². The van der Waals surface area contributed by atoms with Crippen LogP contribution in [0.2, 0.25) is 0 Å². The maximum Gasteiger partial charge on any atom is 0.184 e. The van der Waals surface area contributed by atoms with Crippen LogP contribution in [0.15, 0.2) is 11.8 Å². The van der Waals surface area contributed by atoms with Gasteiger partial charge in [-0.2, -0.15) is 0 Å². The van der Waals surface area contributed by atoms with Gasteiger partial charge < -0.3 is 30.3 Å². The van der Waals surface area contributed by atoms with Crippen LogP contribution < -0.4 is 0 Å². The number of aliphatic hydroxyl groups is 5. The van der Waals surface area contributed by atoms with E-state index in [0.717, 1.165) is 0 Å². The molecule has 0 amide bonds. The van der Waals surface area contributed by atoms with Gasteiger partial charge in [-0.25, -0.2) is 0 Å². The third-order valence-corrected chi connectivity index (χ3v) is 2.29. The molecule has 0 aromatic carbocycles. The van der Waals surface area contributed by atoms with Crippen LogP contribution in [0.4, 0.5) is 0 Å². The first-order chi connectivity index (χ1) is 6.99. The van der Waals surface area contributed by atoms with E-state index in [0.29, 0.717) is 6.42 Å². The Morgan fingerprint density at radius 2 is 1.73 bits per heavy atom. The van der Waals surface area contributed by atoms with Crippen molar-refractivity contribution in [2.24, 2.45) is 0 Å². The average Bonchev–Trinajstić information content (AvgIpc) is 2.20. The Morgan fingerprint density at radius 1 is 1.13 bits per heavy atom. The van der Waals surface area contributed by atoms with E-state index < -0.39 is 30.7 Å². The zero-order valence-electron chi connectivity index (χ0n) is 8.32. The molecule has 0 aromatic rings. The lowest BCUT2D eigenvalue weighted by atomic mass is 9.97.